The van der Waals surface area contributed by atoms with Gasteiger partial charge < -0.3 is 33.7 Å². The molecule has 0 atom stereocenters. The van der Waals surface area contributed by atoms with Crippen LogP contribution >= 0.6 is 0 Å². The summed E-state index contributed by atoms with van der Waals surface area (Å²) in [5.74, 6) is 6.87. The third-order valence-corrected chi connectivity index (χ3v) is 3.52. The van der Waals surface area contributed by atoms with Crippen molar-refractivity contribution in [1.29, 1.82) is 0 Å². The molecule has 168 valence electrons. The molecule has 0 aromatic carbocycles. The van der Waals surface area contributed by atoms with Gasteiger partial charge in [0.05, 0.1) is 52.9 Å². The fraction of sp³-hybridized carbons (Fsp3) is 0.682. The number of hydrogen-bond acceptors (Lipinski definition) is 7. The first-order chi connectivity index (χ1) is 14.6. The van der Waals surface area contributed by atoms with Gasteiger partial charge in [-0.15, -0.1) is 19.3 Å². The molecule has 0 saturated carbocycles. The summed E-state index contributed by atoms with van der Waals surface area (Å²) < 4.78 is 32.2. The average molecular weight is 424 g/mol. The minimum atomic E-state index is -0.982. The van der Waals surface area contributed by atoms with Gasteiger partial charge in [-0.1, -0.05) is 17.8 Å². The summed E-state index contributed by atoms with van der Waals surface area (Å²) in [6.07, 6.45) is 15.8. The van der Waals surface area contributed by atoms with Gasteiger partial charge in [0.2, 0.25) is 5.91 Å². The predicted octanol–water partition coefficient (Wildman–Crippen LogP) is 0.251. The first kappa shape index (κ1) is 27.9. The van der Waals surface area contributed by atoms with E-state index in [1.54, 1.807) is 0 Å². The third kappa shape index (κ3) is 15.8. The lowest BCUT2D eigenvalue weighted by atomic mass is 10.0. The highest BCUT2D eigenvalue weighted by Crippen LogP contribution is 2.10. The molecule has 8 nitrogen and oxygen atoms in total. The lowest BCUT2D eigenvalue weighted by Crippen LogP contribution is -2.58. The summed E-state index contributed by atoms with van der Waals surface area (Å²) in [5, 5.41) is 2.88. The van der Waals surface area contributed by atoms with Crippen LogP contribution < -0.4 is 5.32 Å². The van der Waals surface area contributed by atoms with Gasteiger partial charge in [-0.2, -0.15) is 0 Å². The summed E-state index contributed by atoms with van der Waals surface area (Å²) in [4.78, 5) is 12.4. The predicted molar refractivity (Wildman–Crippen MR) is 113 cm³/mol. The van der Waals surface area contributed by atoms with Crippen LogP contribution in [0.3, 0.4) is 0 Å². The molecule has 0 bridgehead atoms. The molecule has 0 aromatic rings. The van der Waals surface area contributed by atoms with E-state index < -0.39 is 5.54 Å². The van der Waals surface area contributed by atoms with Crippen LogP contribution in [0, 0.1) is 37.0 Å². The molecule has 0 unspecified atom stereocenters. The Hall–Kier alpha value is -2.09. The molecule has 1 amide bonds. The number of nitrogens with one attached hydrogen (secondary N) is 1. The Bertz CT molecular complexity index is 509. The molecule has 0 fully saturated rings. The first-order valence-electron chi connectivity index (χ1n) is 9.72. The van der Waals surface area contributed by atoms with Gasteiger partial charge in [-0.3, -0.25) is 4.79 Å². The van der Waals surface area contributed by atoms with Crippen molar-refractivity contribution in [2.75, 3.05) is 79.3 Å². The number of carbonyl (C=O) groups is 1. The molecule has 0 aliphatic carbocycles. The van der Waals surface area contributed by atoms with Crippen molar-refractivity contribution in [2.24, 2.45) is 0 Å². The van der Waals surface area contributed by atoms with Crippen molar-refractivity contribution >= 4 is 5.91 Å². The summed E-state index contributed by atoms with van der Waals surface area (Å²) in [6.45, 7) is 5.14. The maximum Gasteiger partial charge on any atom is 0.222 e. The summed E-state index contributed by atoms with van der Waals surface area (Å²) in [7, 11) is 0. The van der Waals surface area contributed by atoms with E-state index >= 15 is 0 Å². The standard InChI is InChI=1S/C22H33NO7/c1-5-10-28-18-22(19-29-11-6-2,20-30-12-7-3)23-21(24)9-13-26-16-17-27-15-14-25-8-4/h1-3H,8-20H2,4H3,(H,23,24). The molecule has 0 spiro atoms. The van der Waals surface area contributed by atoms with E-state index in [9.17, 15) is 4.79 Å². The highest BCUT2D eigenvalue weighted by atomic mass is 16.5. The normalized spacial score (nSPS) is 10.7. The Labute approximate surface area is 180 Å². The van der Waals surface area contributed by atoms with Crippen molar-refractivity contribution in [2.45, 2.75) is 18.9 Å². The largest absolute Gasteiger partial charge is 0.379 e. The minimum absolute atomic E-state index is 0.0760. The summed E-state index contributed by atoms with van der Waals surface area (Å²) in [5.41, 5.74) is -0.982. The molecule has 8 heteroatoms. The van der Waals surface area contributed by atoms with Crippen LogP contribution in [-0.4, -0.2) is 90.7 Å². The van der Waals surface area contributed by atoms with Gasteiger partial charge >= 0.3 is 0 Å². The zero-order valence-electron chi connectivity index (χ0n) is 17.8. The zero-order chi connectivity index (χ0) is 22.3. The third-order valence-electron chi connectivity index (χ3n) is 3.52. The van der Waals surface area contributed by atoms with Gasteiger partial charge in [0.25, 0.3) is 0 Å². The number of rotatable bonds is 20. The second-order valence-electron chi connectivity index (χ2n) is 6.09. The molecule has 0 rings (SSSR count). The lowest BCUT2D eigenvalue weighted by molar-refractivity contribution is -0.128. The molecular formula is C22H33NO7. The van der Waals surface area contributed by atoms with E-state index in [0.29, 0.717) is 33.0 Å². The fourth-order valence-corrected chi connectivity index (χ4v) is 2.26. The van der Waals surface area contributed by atoms with Crippen LogP contribution in [0.4, 0.5) is 0 Å². The van der Waals surface area contributed by atoms with Crippen molar-refractivity contribution in [3.05, 3.63) is 0 Å². The first-order valence-corrected chi connectivity index (χ1v) is 9.72. The van der Waals surface area contributed by atoms with E-state index in [0.717, 1.165) is 0 Å². The van der Waals surface area contributed by atoms with Gasteiger partial charge in [0.1, 0.15) is 25.4 Å². The average Bonchev–Trinajstić information content (AvgIpc) is 2.73. The van der Waals surface area contributed by atoms with Crippen LogP contribution in [0.15, 0.2) is 0 Å². The fourth-order valence-electron chi connectivity index (χ4n) is 2.26. The number of terminal acetylenes is 3. The smallest absolute Gasteiger partial charge is 0.222 e. The van der Waals surface area contributed by atoms with E-state index in [2.05, 4.69) is 23.1 Å². The van der Waals surface area contributed by atoms with Gasteiger partial charge in [0.15, 0.2) is 0 Å². The molecule has 0 saturated heterocycles. The molecule has 30 heavy (non-hydrogen) atoms. The van der Waals surface area contributed by atoms with Crippen molar-refractivity contribution < 1.29 is 33.2 Å². The van der Waals surface area contributed by atoms with Crippen LogP contribution in [0.5, 0.6) is 0 Å². The molecule has 0 radical (unpaired) electrons. The van der Waals surface area contributed by atoms with Gasteiger partial charge in [-0.25, -0.2) is 0 Å². The second kappa shape index (κ2) is 20.2. The van der Waals surface area contributed by atoms with E-state index in [1.807, 2.05) is 6.92 Å². The Morgan fingerprint density at radius 3 is 1.60 bits per heavy atom. The molecule has 0 heterocycles. The minimum Gasteiger partial charge on any atom is -0.379 e. The van der Waals surface area contributed by atoms with Crippen LogP contribution in [0.2, 0.25) is 0 Å². The number of carbonyl (C=O) groups excluding carboxylic acids is 1. The molecule has 0 aromatic heterocycles. The zero-order valence-corrected chi connectivity index (χ0v) is 17.8. The summed E-state index contributed by atoms with van der Waals surface area (Å²) in [6, 6.07) is 0. The Balaban J connectivity index is 4.50. The van der Waals surface area contributed by atoms with Crippen LogP contribution in [-0.2, 0) is 33.2 Å². The number of ether oxygens (including phenoxy) is 6. The van der Waals surface area contributed by atoms with E-state index in [4.69, 9.17) is 47.7 Å². The lowest BCUT2D eigenvalue weighted by Gasteiger charge is -2.33. The number of hydrogen-bond donors (Lipinski definition) is 1. The Morgan fingerprint density at radius 1 is 0.733 bits per heavy atom. The van der Waals surface area contributed by atoms with E-state index in [1.165, 1.54) is 0 Å². The van der Waals surface area contributed by atoms with Gasteiger partial charge in [0, 0.05) is 13.0 Å². The van der Waals surface area contributed by atoms with Gasteiger partial charge in [-0.05, 0) is 6.92 Å². The van der Waals surface area contributed by atoms with E-state index in [-0.39, 0.29) is 58.6 Å². The quantitative estimate of drug-likeness (QED) is 0.222. The molecule has 0 aliphatic heterocycles. The highest BCUT2D eigenvalue weighted by molar-refractivity contribution is 5.77. The highest BCUT2D eigenvalue weighted by Gasteiger charge is 2.33. The molecule has 1 N–H and O–H groups in total. The topological polar surface area (TPSA) is 84.5 Å². The van der Waals surface area contributed by atoms with Crippen molar-refractivity contribution in [3.63, 3.8) is 0 Å². The summed E-state index contributed by atoms with van der Waals surface area (Å²) >= 11 is 0. The van der Waals surface area contributed by atoms with Crippen LogP contribution in [0.1, 0.15) is 13.3 Å². The van der Waals surface area contributed by atoms with Crippen molar-refractivity contribution in [3.8, 4) is 37.0 Å². The monoisotopic (exact) mass is 423 g/mol. The Kier molecular flexibility index (Phi) is 18.8. The molecule has 0 aliphatic rings. The van der Waals surface area contributed by atoms with Crippen molar-refractivity contribution in [1.82, 2.24) is 5.32 Å². The number of amides is 1. The maximum atomic E-state index is 12.4. The maximum absolute atomic E-state index is 12.4. The molecular weight excluding hydrogens is 390 g/mol. The Morgan fingerprint density at radius 2 is 1.17 bits per heavy atom. The van der Waals surface area contributed by atoms with Crippen LogP contribution in [0.25, 0.3) is 0 Å². The SMILES string of the molecule is C#CCOCC(COCC#C)(COCC#C)NC(=O)CCOCCOCCOCC. The second-order valence-corrected chi connectivity index (χ2v) is 6.09.